The number of nitrogens with one attached hydrogen (secondary N) is 1. The standard InChI is InChI=1S/C20H23BrN2O/c1-23(18-6-3-2-4-7-18)15-5-14-22-19(24)20(12-13-20)16-8-10-17(21)11-9-16/h2-4,6-11H,5,12-15H2,1H3,(H,22,24). The van der Waals surface area contributed by atoms with Crippen molar-refractivity contribution in [1.29, 1.82) is 0 Å². The second kappa shape index (κ2) is 7.39. The molecule has 1 amide bonds. The van der Waals surface area contributed by atoms with E-state index < -0.39 is 0 Å². The number of amides is 1. The van der Waals surface area contributed by atoms with Gasteiger partial charge in [-0.3, -0.25) is 4.79 Å². The van der Waals surface area contributed by atoms with Gasteiger partial charge in [0.2, 0.25) is 5.91 Å². The smallest absolute Gasteiger partial charge is 0.230 e. The van der Waals surface area contributed by atoms with Gasteiger partial charge in [0, 0.05) is 30.3 Å². The van der Waals surface area contributed by atoms with Gasteiger partial charge in [0.1, 0.15) is 0 Å². The maximum atomic E-state index is 12.6. The van der Waals surface area contributed by atoms with Gasteiger partial charge in [0.15, 0.2) is 0 Å². The lowest BCUT2D eigenvalue weighted by molar-refractivity contribution is -0.123. The number of benzene rings is 2. The summed E-state index contributed by atoms with van der Waals surface area (Å²) in [5.74, 6) is 0.173. The molecule has 1 N–H and O–H groups in total. The van der Waals surface area contributed by atoms with Crippen molar-refractivity contribution in [1.82, 2.24) is 5.32 Å². The Labute approximate surface area is 152 Å². The zero-order chi connectivity index (χ0) is 17.0. The molecule has 0 unspecified atom stereocenters. The van der Waals surface area contributed by atoms with E-state index in [1.807, 2.05) is 30.3 Å². The molecule has 2 aromatic carbocycles. The van der Waals surface area contributed by atoms with Crippen molar-refractivity contribution in [3.05, 3.63) is 64.6 Å². The second-order valence-electron chi connectivity index (χ2n) is 6.46. The van der Waals surface area contributed by atoms with Crippen LogP contribution >= 0.6 is 15.9 Å². The Balaban J connectivity index is 1.47. The van der Waals surface area contributed by atoms with Crippen molar-refractivity contribution < 1.29 is 4.79 Å². The van der Waals surface area contributed by atoms with E-state index in [4.69, 9.17) is 0 Å². The van der Waals surface area contributed by atoms with Crippen LogP contribution in [0.4, 0.5) is 5.69 Å². The number of hydrogen-bond acceptors (Lipinski definition) is 2. The average Bonchev–Trinajstić information content (AvgIpc) is 3.41. The number of nitrogens with zero attached hydrogens (tertiary/aromatic N) is 1. The Morgan fingerprint density at radius 2 is 1.79 bits per heavy atom. The number of rotatable bonds is 7. The lowest BCUT2D eigenvalue weighted by atomic mass is 9.95. The summed E-state index contributed by atoms with van der Waals surface area (Å²) in [6, 6.07) is 18.4. The summed E-state index contributed by atoms with van der Waals surface area (Å²) in [5.41, 5.74) is 2.05. The number of hydrogen-bond donors (Lipinski definition) is 1. The van der Waals surface area contributed by atoms with Crippen molar-refractivity contribution in [3.63, 3.8) is 0 Å². The van der Waals surface area contributed by atoms with Crippen LogP contribution in [0.2, 0.25) is 0 Å². The molecule has 0 spiro atoms. The summed E-state index contributed by atoms with van der Waals surface area (Å²) in [6.07, 6.45) is 2.84. The van der Waals surface area contributed by atoms with Gasteiger partial charge in [-0.1, -0.05) is 46.3 Å². The van der Waals surface area contributed by atoms with E-state index in [9.17, 15) is 4.79 Å². The molecule has 0 radical (unpaired) electrons. The highest BCUT2D eigenvalue weighted by Gasteiger charge is 2.50. The summed E-state index contributed by atoms with van der Waals surface area (Å²) in [6.45, 7) is 1.64. The first-order valence-electron chi connectivity index (χ1n) is 8.42. The van der Waals surface area contributed by atoms with Crippen molar-refractivity contribution in [2.75, 3.05) is 25.0 Å². The predicted octanol–water partition coefficient (Wildman–Crippen LogP) is 4.12. The van der Waals surface area contributed by atoms with Crippen LogP contribution in [0.5, 0.6) is 0 Å². The van der Waals surface area contributed by atoms with Crippen LogP contribution in [0.3, 0.4) is 0 Å². The monoisotopic (exact) mass is 386 g/mol. The molecule has 3 nitrogen and oxygen atoms in total. The van der Waals surface area contributed by atoms with Crippen LogP contribution in [0.25, 0.3) is 0 Å². The van der Waals surface area contributed by atoms with Gasteiger partial charge in [-0.2, -0.15) is 0 Å². The lowest BCUT2D eigenvalue weighted by Crippen LogP contribution is -2.36. The van der Waals surface area contributed by atoms with Crippen LogP contribution in [-0.2, 0) is 10.2 Å². The molecule has 1 aliphatic rings. The molecule has 0 saturated heterocycles. The maximum Gasteiger partial charge on any atom is 0.230 e. The zero-order valence-electron chi connectivity index (χ0n) is 14.0. The minimum absolute atomic E-state index is 0.173. The minimum Gasteiger partial charge on any atom is -0.375 e. The van der Waals surface area contributed by atoms with E-state index in [1.54, 1.807) is 0 Å². The zero-order valence-corrected chi connectivity index (χ0v) is 15.6. The first-order chi connectivity index (χ1) is 11.6. The Kier molecular flexibility index (Phi) is 5.24. The largest absolute Gasteiger partial charge is 0.375 e. The molecular formula is C20H23BrN2O. The molecule has 24 heavy (non-hydrogen) atoms. The molecule has 126 valence electrons. The molecule has 0 heterocycles. The Morgan fingerprint density at radius 1 is 1.12 bits per heavy atom. The van der Waals surface area contributed by atoms with E-state index in [-0.39, 0.29) is 11.3 Å². The van der Waals surface area contributed by atoms with Crippen molar-refractivity contribution >= 4 is 27.5 Å². The number of para-hydroxylation sites is 1. The summed E-state index contributed by atoms with van der Waals surface area (Å²) >= 11 is 3.45. The molecule has 1 saturated carbocycles. The van der Waals surface area contributed by atoms with Gasteiger partial charge < -0.3 is 10.2 Å². The Bertz CT molecular complexity index is 681. The van der Waals surface area contributed by atoms with Gasteiger partial charge in [-0.25, -0.2) is 0 Å². The third-order valence-corrected chi connectivity index (χ3v) is 5.26. The van der Waals surface area contributed by atoms with Crippen LogP contribution in [-0.4, -0.2) is 26.0 Å². The van der Waals surface area contributed by atoms with Crippen molar-refractivity contribution in [2.45, 2.75) is 24.7 Å². The van der Waals surface area contributed by atoms with E-state index in [0.717, 1.165) is 35.8 Å². The predicted molar refractivity (Wildman–Crippen MR) is 102 cm³/mol. The lowest BCUT2D eigenvalue weighted by Gasteiger charge is -2.20. The van der Waals surface area contributed by atoms with Gasteiger partial charge in [0.05, 0.1) is 5.41 Å². The molecule has 0 bridgehead atoms. The van der Waals surface area contributed by atoms with Crippen molar-refractivity contribution in [3.8, 4) is 0 Å². The fourth-order valence-corrected chi connectivity index (χ4v) is 3.30. The fraction of sp³-hybridized carbons (Fsp3) is 0.350. The highest BCUT2D eigenvalue weighted by atomic mass is 79.9. The first-order valence-corrected chi connectivity index (χ1v) is 9.22. The summed E-state index contributed by atoms with van der Waals surface area (Å²) in [7, 11) is 2.08. The SMILES string of the molecule is CN(CCCNC(=O)C1(c2ccc(Br)cc2)CC1)c1ccccc1. The van der Waals surface area contributed by atoms with Crippen LogP contribution in [0.1, 0.15) is 24.8 Å². The quantitative estimate of drug-likeness (QED) is 0.725. The number of halogens is 1. The Morgan fingerprint density at radius 3 is 2.42 bits per heavy atom. The first kappa shape index (κ1) is 17.0. The summed E-state index contributed by atoms with van der Waals surface area (Å²) in [4.78, 5) is 14.8. The van der Waals surface area contributed by atoms with E-state index >= 15 is 0 Å². The molecule has 1 aliphatic carbocycles. The van der Waals surface area contributed by atoms with Crippen LogP contribution in [0.15, 0.2) is 59.1 Å². The number of carbonyl (C=O) groups excluding carboxylic acids is 1. The third kappa shape index (κ3) is 3.81. The molecule has 1 fully saturated rings. The normalized spacial score (nSPS) is 14.9. The average molecular weight is 387 g/mol. The number of anilines is 1. The molecule has 0 atom stereocenters. The van der Waals surface area contributed by atoms with Crippen molar-refractivity contribution in [2.24, 2.45) is 0 Å². The highest BCUT2D eigenvalue weighted by Crippen LogP contribution is 2.48. The molecular weight excluding hydrogens is 364 g/mol. The second-order valence-corrected chi connectivity index (χ2v) is 7.37. The number of carbonyl (C=O) groups is 1. The molecule has 0 aliphatic heterocycles. The van der Waals surface area contributed by atoms with E-state index in [0.29, 0.717) is 6.54 Å². The van der Waals surface area contributed by atoms with Gasteiger partial charge >= 0.3 is 0 Å². The molecule has 3 rings (SSSR count). The maximum absolute atomic E-state index is 12.6. The van der Waals surface area contributed by atoms with Gasteiger partial charge in [-0.15, -0.1) is 0 Å². The summed E-state index contributed by atoms with van der Waals surface area (Å²) in [5, 5.41) is 3.13. The van der Waals surface area contributed by atoms with Gasteiger partial charge in [-0.05, 0) is 49.1 Å². The van der Waals surface area contributed by atoms with Gasteiger partial charge in [0.25, 0.3) is 0 Å². The topological polar surface area (TPSA) is 32.3 Å². The molecule has 0 aromatic heterocycles. The Hall–Kier alpha value is -1.81. The molecule has 2 aromatic rings. The van der Waals surface area contributed by atoms with E-state index in [2.05, 4.69) is 57.5 Å². The third-order valence-electron chi connectivity index (χ3n) is 4.73. The molecule has 4 heteroatoms. The highest BCUT2D eigenvalue weighted by molar-refractivity contribution is 9.10. The summed E-state index contributed by atoms with van der Waals surface area (Å²) < 4.78 is 1.05. The van der Waals surface area contributed by atoms with Crippen LogP contribution < -0.4 is 10.2 Å². The minimum atomic E-state index is -0.286. The van der Waals surface area contributed by atoms with E-state index in [1.165, 1.54) is 5.69 Å². The van der Waals surface area contributed by atoms with Crippen LogP contribution in [0, 0.1) is 0 Å². The fourth-order valence-electron chi connectivity index (χ4n) is 3.04.